The molecule has 1 aliphatic heterocycles. The Bertz CT molecular complexity index is 1190. The topological polar surface area (TPSA) is 78.5 Å². The molecule has 1 aliphatic rings. The number of carbonyl (C=O) groups is 3. The number of amides is 3. The third kappa shape index (κ3) is 4.86. The summed E-state index contributed by atoms with van der Waals surface area (Å²) in [5, 5.41) is 5.84. The van der Waals surface area contributed by atoms with Gasteiger partial charge in [0.2, 0.25) is 5.91 Å². The van der Waals surface area contributed by atoms with E-state index < -0.39 is 12.1 Å². The van der Waals surface area contributed by atoms with Crippen molar-refractivity contribution in [3.63, 3.8) is 0 Å². The normalized spacial score (nSPS) is 16.0. The zero-order valence-electron chi connectivity index (χ0n) is 19.7. The van der Waals surface area contributed by atoms with Gasteiger partial charge in [0, 0.05) is 17.8 Å². The van der Waals surface area contributed by atoms with Crippen LogP contribution in [0.1, 0.15) is 41.1 Å². The Balaban J connectivity index is 1.81. The predicted octanol–water partition coefficient (Wildman–Crippen LogP) is 4.60. The Morgan fingerprint density at radius 3 is 2.15 bits per heavy atom. The fourth-order valence-electron chi connectivity index (χ4n) is 4.33. The van der Waals surface area contributed by atoms with Crippen molar-refractivity contribution in [1.82, 2.24) is 5.32 Å². The smallest absolute Gasteiger partial charge is 0.252 e. The second-order valence-corrected chi connectivity index (χ2v) is 8.77. The summed E-state index contributed by atoms with van der Waals surface area (Å²) in [6, 6.07) is 21.0. The van der Waals surface area contributed by atoms with Crippen LogP contribution in [0.15, 0.2) is 72.8 Å². The van der Waals surface area contributed by atoms with E-state index in [0.717, 1.165) is 22.4 Å². The van der Waals surface area contributed by atoms with E-state index in [1.54, 1.807) is 0 Å². The zero-order valence-corrected chi connectivity index (χ0v) is 19.7. The van der Waals surface area contributed by atoms with Crippen LogP contribution in [0.2, 0.25) is 0 Å². The lowest BCUT2D eigenvalue weighted by molar-refractivity contribution is -0.126. The lowest BCUT2D eigenvalue weighted by Gasteiger charge is -2.33. The lowest BCUT2D eigenvalue weighted by Crippen LogP contribution is -2.49. The lowest BCUT2D eigenvalue weighted by atomic mass is 10.0. The molecule has 6 nitrogen and oxygen atoms in total. The molecule has 3 amide bonds. The highest BCUT2D eigenvalue weighted by Crippen LogP contribution is 2.32. The van der Waals surface area contributed by atoms with Crippen LogP contribution in [0.5, 0.6) is 0 Å². The molecular weight excluding hydrogens is 426 g/mol. The highest BCUT2D eigenvalue weighted by Gasteiger charge is 2.38. The fourth-order valence-corrected chi connectivity index (χ4v) is 4.33. The van der Waals surface area contributed by atoms with Gasteiger partial charge in [-0.25, -0.2) is 0 Å². The van der Waals surface area contributed by atoms with Gasteiger partial charge in [0.15, 0.2) is 0 Å². The van der Waals surface area contributed by atoms with E-state index in [0.29, 0.717) is 24.1 Å². The molecule has 6 heteroatoms. The van der Waals surface area contributed by atoms with E-state index in [2.05, 4.69) is 10.6 Å². The van der Waals surface area contributed by atoms with Crippen LogP contribution in [0, 0.1) is 20.8 Å². The van der Waals surface area contributed by atoms with Crippen molar-refractivity contribution in [1.29, 1.82) is 0 Å². The molecule has 0 spiro atoms. The first kappa shape index (κ1) is 23.2. The van der Waals surface area contributed by atoms with Gasteiger partial charge in [0.1, 0.15) is 12.1 Å². The van der Waals surface area contributed by atoms with Crippen LogP contribution in [0.25, 0.3) is 0 Å². The van der Waals surface area contributed by atoms with Crippen molar-refractivity contribution in [3.05, 3.63) is 95.1 Å². The van der Waals surface area contributed by atoms with Gasteiger partial charge < -0.3 is 10.6 Å². The van der Waals surface area contributed by atoms with Crippen LogP contribution >= 0.6 is 0 Å². The van der Waals surface area contributed by atoms with Crippen LogP contribution in [-0.2, 0) is 14.4 Å². The molecule has 1 fully saturated rings. The van der Waals surface area contributed by atoms with Crippen molar-refractivity contribution in [2.24, 2.45) is 0 Å². The monoisotopic (exact) mass is 455 g/mol. The number of benzene rings is 3. The van der Waals surface area contributed by atoms with Gasteiger partial charge in [-0.2, -0.15) is 0 Å². The van der Waals surface area contributed by atoms with Gasteiger partial charge in [-0.3, -0.25) is 19.3 Å². The summed E-state index contributed by atoms with van der Waals surface area (Å²) in [7, 11) is 0. The predicted molar refractivity (Wildman–Crippen MR) is 134 cm³/mol. The van der Waals surface area contributed by atoms with E-state index in [1.807, 2.05) is 93.6 Å². The average molecular weight is 456 g/mol. The molecule has 1 saturated heterocycles. The number of aryl methyl sites for hydroxylation is 3. The van der Waals surface area contributed by atoms with Crippen molar-refractivity contribution >= 4 is 29.1 Å². The number of nitrogens with one attached hydrogen (secondary N) is 2. The number of para-hydroxylation sites is 1. The SMILES string of the molecule is Cc1ccc(N(C(=O)[C@H]2CCC(=O)N2)[C@H](C(=O)Nc2c(C)cccc2C)c2ccccc2)cc1. The molecule has 0 bridgehead atoms. The van der Waals surface area contributed by atoms with Crippen LogP contribution < -0.4 is 15.5 Å². The van der Waals surface area contributed by atoms with Crippen molar-refractivity contribution in [2.75, 3.05) is 10.2 Å². The summed E-state index contributed by atoms with van der Waals surface area (Å²) < 4.78 is 0. The standard InChI is InChI=1S/C28H29N3O3/c1-18-12-14-22(15-13-18)31(28(34)23-16-17-24(32)29-23)26(21-10-5-4-6-11-21)27(33)30-25-19(2)8-7-9-20(25)3/h4-15,23,26H,16-17H2,1-3H3,(H,29,32)(H,30,33)/t23-,26+/m1/s1. The van der Waals surface area contributed by atoms with E-state index in [-0.39, 0.29) is 17.7 Å². The van der Waals surface area contributed by atoms with Crippen molar-refractivity contribution in [2.45, 2.75) is 45.7 Å². The Morgan fingerprint density at radius 2 is 1.56 bits per heavy atom. The third-order valence-corrected chi connectivity index (χ3v) is 6.19. The number of hydrogen-bond donors (Lipinski definition) is 2. The van der Waals surface area contributed by atoms with Gasteiger partial charge in [0.25, 0.3) is 11.8 Å². The van der Waals surface area contributed by atoms with Gasteiger partial charge in [-0.1, -0.05) is 66.2 Å². The molecular formula is C28H29N3O3. The highest BCUT2D eigenvalue weighted by molar-refractivity contribution is 6.08. The molecule has 34 heavy (non-hydrogen) atoms. The van der Waals surface area contributed by atoms with Gasteiger partial charge >= 0.3 is 0 Å². The van der Waals surface area contributed by atoms with E-state index in [1.165, 1.54) is 4.90 Å². The first-order chi connectivity index (χ1) is 16.3. The minimum absolute atomic E-state index is 0.154. The maximum Gasteiger partial charge on any atom is 0.252 e. The third-order valence-electron chi connectivity index (χ3n) is 6.19. The fraction of sp³-hybridized carbons (Fsp3) is 0.250. The van der Waals surface area contributed by atoms with Crippen molar-refractivity contribution < 1.29 is 14.4 Å². The number of anilines is 2. The maximum absolute atomic E-state index is 13.9. The molecule has 0 unspecified atom stereocenters. The van der Waals surface area contributed by atoms with Crippen molar-refractivity contribution in [3.8, 4) is 0 Å². The second-order valence-electron chi connectivity index (χ2n) is 8.77. The number of nitrogens with zero attached hydrogens (tertiary/aromatic N) is 1. The second kappa shape index (κ2) is 9.91. The Labute approximate surface area is 200 Å². The van der Waals surface area contributed by atoms with Gasteiger partial charge in [-0.05, 0) is 56.0 Å². The molecule has 0 aliphatic carbocycles. The van der Waals surface area contributed by atoms with Gasteiger partial charge in [-0.15, -0.1) is 0 Å². The maximum atomic E-state index is 13.9. The Morgan fingerprint density at radius 1 is 0.912 bits per heavy atom. The summed E-state index contributed by atoms with van der Waals surface area (Å²) >= 11 is 0. The molecule has 4 rings (SSSR count). The summed E-state index contributed by atoms with van der Waals surface area (Å²) in [5.41, 5.74) is 4.94. The highest BCUT2D eigenvalue weighted by atomic mass is 16.2. The van der Waals surface area contributed by atoms with Gasteiger partial charge in [0.05, 0.1) is 0 Å². The summed E-state index contributed by atoms with van der Waals surface area (Å²) in [5.74, 6) is -0.777. The molecule has 0 aromatic heterocycles. The van der Waals surface area contributed by atoms with E-state index in [4.69, 9.17) is 0 Å². The number of hydrogen-bond acceptors (Lipinski definition) is 3. The molecule has 2 N–H and O–H groups in total. The minimum atomic E-state index is -0.923. The molecule has 3 aromatic rings. The van der Waals surface area contributed by atoms with E-state index >= 15 is 0 Å². The minimum Gasteiger partial charge on any atom is -0.344 e. The van der Waals surface area contributed by atoms with E-state index in [9.17, 15) is 14.4 Å². The van der Waals surface area contributed by atoms with Crippen LogP contribution in [-0.4, -0.2) is 23.8 Å². The largest absolute Gasteiger partial charge is 0.344 e. The number of rotatable bonds is 6. The average Bonchev–Trinajstić information content (AvgIpc) is 3.27. The molecule has 174 valence electrons. The first-order valence-electron chi connectivity index (χ1n) is 11.5. The Hall–Kier alpha value is -3.93. The zero-order chi connectivity index (χ0) is 24.2. The molecule has 0 radical (unpaired) electrons. The molecule has 2 atom stereocenters. The number of carbonyl (C=O) groups excluding carboxylic acids is 3. The summed E-state index contributed by atoms with van der Waals surface area (Å²) in [4.78, 5) is 41.1. The first-order valence-corrected chi connectivity index (χ1v) is 11.5. The Kier molecular flexibility index (Phi) is 6.77. The summed E-state index contributed by atoms with van der Waals surface area (Å²) in [6.45, 7) is 5.85. The molecule has 3 aromatic carbocycles. The van der Waals surface area contributed by atoms with Crippen LogP contribution in [0.3, 0.4) is 0 Å². The molecule has 1 heterocycles. The summed E-state index contributed by atoms with van der Waals surface area (Å²) in [6.07, 6.45) is 0.697. The quantitative estimate of drug-likeness (QED) is 0.570. The molecule has 0 saturated carbocycles. The van der Waals surface area contributed by atoms with Crippen LogP contribution in [0.4, 0.5) is 11.4 Å².